The summed E-state index contributed by atoms with van der Waals surface area (Å²) in [6, 6.07) is 6.67. The minimum Gasteiger partial charge on any atom is -0.444 e. The fraction of sp³-hybridized carbons (Fsp3) is 0.375. The molecule has 1 atom stereocenters. The maximum Gasteiger partial charge on any atom is 0.409 e. The van der Waals surface area contributed by atoms with Crippen molar-refractivity contribution in [3.05, 3.63) is 29.8 Å². The summed E-state index contributed by atoms with van der Waals surface area (Å²) in [7, 11) is 0. The highest BCUT2D eigenvalue weighted by Crippen LogP contribution is 2.26. The molecule has 1 unspecified atom stereocenters. The summed E-state index contributed by atoms with van der Waals surface area (Å²) in [4.78, 5) is 41.3. The number of amides is 3. The van der Waals surface area contributed by atoms with E-state index in [2.05, 4.69) is 10.3 Å². The molecule has 0 bridgehead atoms. The summed E-state index contributed by atoms with van der Waals surface area (Å²) in [6.45, 7) is 4.69. The van der Waals surface area contributed by atoms with Gasteiger partial charge in [0.2, 0.25) is 12.1 Å². The molecule has 3 amide bonds. The number of nitrogens with one attached hydrogen (secondary N) is 1. The third kappa shape index (κ3) is 4.69. The molecule has 3 N–H and O–H groups in total. The molecule has 1 aliphatic heterocycles. The van der Waals surface area contributed by atoms with Crippen LogP contribution >= 0.6 is 11.6 Å². The number of hydrogen-bond donors (Lipinski definition) is 2. The Balaban J connectivity index is 2.37. The highest BCUT2D eigenvalue weighted by Gasteiger charge is 2.33. The Labute approximate surface area is 150 Å². The van der Waals surface area contributed by atoms with E-state index in [0.29, 0.717) is 11.3 Å². The number of ether oxygens (including phenoxy) is 1. The van der Waals surface area contributed by atoms with Crippen LogP contribution < -0.4 is 16.0 Å². The Hall–Kier alpha value is -2.61. The van der Waals surface area contributed by atoms with Gasteiger partial charge in [-0.05, 0) is 32.9 Å². The maximum absolute atomic E-state index is 12.8. The Morgan fingerprint density at radius 2 is 2.00 bits per heavy atom. The molecule has 0 aromatic heterocycles. The van der Waals surface area contributed by atoms with Crippen LogP contribution in [0.1, 0.15) is 26.3 Å². The minimum absolute atomic E-state index is 0.0250. The fourth-order valence-electron chi connectivity index (χ4n) is 2.22. The topological polar surface area (TPSA) is 114 Å². The van der Waals surface area contributed by atoms with Crippen molar-refractivity contribution in [2.45, 2.75) is 32.5 Å². The third-order valence-corrected chi connectivity index (χ3v) is 3.43. The zero-order chi connectivity index (χ0) is 18.8. The lowest BCUT2D eigenvalue weighted by Gasteiger charge is -2.25. The molecule has 0 saturated carbocycles. The monoisotopic (exact) mass is 366 g/mol. The Bertz CT molecular complexity index is 742. The van der Waals surface area contributed by atoms with E-state index in [9.17, 15) is 14.4 Å². The Morgan fingerprint density at radius 3 is 2.60 bits per heavy atom. The number of anilines is 1. The van der Waals surface area contributed by atoms with Crippen molar-refractivity contribution >= 4 is 40.4 Å². The predicted molar refractivity (Wildman–Crippen MR) is 93.5 cm³/mol. The van der Waals surface area contributed by atoms with Crippen LogP contribution in [0.3, 0.4) is 0 Å². The Kier molecular flexibility index (Phi) is 5.32. The number of alkyl carbamates (subject to hydrolysis) is 1. The summed E-state index contributed by atoms with van der Waals surface area (Å²) >= 11 is 6.19. The van der Waals surface area contributed by atoms with Gasteiger partial charge in [-0.2, -0.15) is 0 Å². The van der Waals surface area contributed by atoms with E-state index in [4.69, 9.17) is 22.1 Å². The second-order valence-corrected chi connectivity index (χ2v) is 6.73. The SMILES string of the molecule is CC(C)(C)OC(=O)NC1N=C(Cl)c2ccccc2N(CC(N)=O)C1=O. The fourth-order valence-corrected chi connectivity index (χ4v) is 2.48. The first-order chi connectivity index (χ1) is 11.6. The summed E-state index contributed by atoms with van der Waals surface area (Å²) in [5, 5.41) is 2.38. The van der Waals surface area contributed by atoms with Crippen molar-refractivity contribution in [1.29, 1.82) is 0 Å². The van der Waals surface area contributed by atoms with E-state index in [1.54, 1.807) is 45.0 Å². The first-order valence-corrected chi connectivity index (χ1v) is 7.88. The second-order valence-electron chi connectivity index (χ2n) is 6.38. The number of primary amides is 1. The van der Waals surface area contributed by atoms with Crippen LogP contribution in [-0.4, -0.2) is 41.4 Å². The van der Waals surface area contributed by atoms with Crippen molar-refractivity contribution in [2.75, 3.05) is 11.4 Å². The molecule has 0 radical (unpaired) electrons. The zero-order valence-corrected chi connectivity index (χ0v) is 14.8. The van der Waals surface area contributed by atoms with Crippen LogP contribution in [-0.2, 0) is 14.3 Å². The zero-order valence-electron chi connectivity index (χ0n) is 14.1. The molecule has 1 heterocycles. The van der Waals surface area contributed by atoms with E-state index in [1.165, 1.54) is 0 Å². The van der Waals surface area contributed by atoms with Crippen LogP contribution in [0.4, 0.5) is 10.5 Å². The standard InChI is InChI=1S/C16H19ClN4O4/c1-16(2,3)25-15(24)20-13-14(23)21(8-11(18)22)10-7-5-4-6-9(10)12(17)19-13/h4-7,13H,8H2,1-3H3,(H2,18,22)(H,20,24). The summed E-state index contributed by atoms with van der Waals surface area (Å²) in [6.07, 6.45) is -2.17. The number of benzodiazepines with no additional fused rings is 1. The maximum atomic E-state index is 12.8. The molecule has 1 aromatic rings. The van der Waals surface area contributed by atoms with Gasteiger partial charge in [-0.3, -0.25) is 19.8 Å². The lowest BCUT2D eigenvalue weighted by molar-refractivity contribution is -0.123. The van der Waals surface area contributed by atoms with Crippen molar-refractivity contribution in [3.63, 3.8) is 0 Å². The molecular weight excluding hydrogens is 348 g/mol. The average Bonchev–Trinajstić information content (AvgIpc) is 2.57. The normalized spacial score (nSPS) is 17.3. The van der Waals surface area contributed by atoms with Crippen molar-refractivity contribution in [2.24, 2.45) is 10.7 Å². The van der Waals surface area contributed by atoms with Gasteiger partial charge in [-0.1, -0.05) is 23.7 Å². The molecule has 0 saturated heterocycles. The van der Waals surface area contributed by atoms with Gasteiger partial charge >= 0.3 is 6.09 Å². The summed E-state index contributed by atoms with van der Waals surface area (Å²) in [5.74, 6) is -1.36. The smallest absolute Gasteiger partial charge is 0.409 e. The van der Waals surface area contributed by atoms with E-state index >= 15 is 0 Å². The van der Waals surface area contributed by atoms with Crippen LogP contribution in [0.25, 0.3) is 0 Å². The number of para-hydroxylation sites is 1. The molecule has 134 valence electrons. The number of rotatable bonds is 3. The molecule has 9 heteroatoms. The first kappa shape index (κ1) is 18.7. The van der Waals surface area contributed by atoms with Crippen LogP contribution in [0, 0.1) is 0 Å². The number of nitrogens with two attached hydrogens (primary N) is 1. The van der Waals surface area contributed by atoms with Gasteiger partial charge in [-0.15, -0.1) is 0 Å². The second kappa shape index (κ2) is 7.10. The number of aliphatic imine (C=N–C) groups is 1. The third-order valence-electron chi connectivity index (χ3n) is 3.13. The van der Waals surface area contributed by atoms with Crippen molar-refractivity contribution in [1.82, 2.24) is 5.32 Å². The molecule has 0 spiro atoms. The number of carbonyl (C=O) groups is 3. The summed E-state index contributed by atoms with van der Waals surface area (Å²) in [5.41, 5.74) is 5.33. The number of halogens is 1. The minimum atomic E-state index is -1.34. The number of fused-ring (bicyclic) bond motifs is 1. The van der Waals surface area contributed by atoms with Gasteiger partial charge in [0.1, 0.15) is 17.3 Å². The van der Waals surface area contributed by atoms with Gasteiger partial charge in [-0.25, -0.2) is 9.79 Å². The van der Waals surface area contributed by atoms with E-state index < -0.39 is 29.7 Å². The molecule has 1 aromatic carbocycles. The Morgan fingerprint density at radius 1 is 1.36 bits per heavy atom. The molecule has 8 nitrogen and oxygen atoms in total. The van der Waals surface area contributed by atoms with Crippen molar-refractivity contribution < 1.29 is 19.1 Å². The largest absolute Gasteiger partial charge is 0.444 e. The average molecular weight is 367 g/mol. The van der Waals surface area contributed by atoms with E-state index in [-0.39, 0.29) is 11.7 Å². The lowest BCUT2D eigenvalue weighted by Crippen LogP contribution is -2.50. The molecule has 0 aliphatic carbocycles. The van der Waals surface area contributed by atoms with Crippen LogP contribution in [0.2, 0.25) is 0 Å². The van der Waals surface area contributed by atoms with E-state index in [1.807, 2.05) is 0 Å². The van der Waals surface area contributed by atoms with Gasteiger partial charge in [0.25, 0.3) is 5.91 Å². The van der Waals surface area contributed by atoms with Crippen molar-refractivity contribution in [3.8, 4) is 0 Å². The number of carbonyl (C=O) groups excluding carboxylic acids is 3. The predicted octanol–water partition coefficient (Wildman–Crippen LogP) is 1.35. The molecule has 1 aliphatic rings. The highest BCUT2D eigenvalue weighted by atomic mass is 35.5. The lowest BCUT2D eigenvalue weighted by atomic mass is 10.1. The molecule has 2 rings (SSSR count). The van der Waals surface area contributed by atoms with Crippen LogP contribution in [0.15, 0.2) is 29.3 Å². The van der Waals surface area contributed by atoms with Crippen LogP contribution in [0.5, 0.6) is 0 Å². The van der Waals surface area contributed by atoms with E-state index in [0.717, 1.165) is 4.90 Å². The van der Waals surface area contributed by atoms with Gasteiger partial charge in [0, 0.05) is 5.56 Å². The number of hydrogen-bond acceptors (Lipinski definition) is 5. The highest BCUT2D eigenvalue weighted by molar-refractivity contribution is 6.70. The first-order valence-electron chi connectivity index (χ1n) is 7.50. The summed E-state index contributed by atoms with van der Waals surface area (Å²) < 4.78 is 5.13. The van der Waals surface area contributed by atoms with Gasteiger partial charge in [0.15, 0.2) is 0 Å². The molecule has 0 fully saturated rings. The number of nitrogens with zero attached hydrogens (tertiary/aromatic N) is 2. The molecular formula is C16H19ClN4O4. The molecule has 25 heavy (non-hydrogen) atoms. The quantitative estimate of drug-likeness (QED) is 0.840. The van der Waals surface area contributed by atoms with Gasteiger partial charge < -0.3 is 10.5 Å². The number of benzene rings is 1. The van der Waals surface area contributed by atoms with Gasteiger partial charge in [0.05, 0.1) is 5.69 Å².